The van der Waals surface area contributed by atoms with Gasteiger partial charge in [-0.1, -0.05) is 0 Å². The summed E-state index contributed by atoms with van der Waals surface area (Å²) in [6, 6.07) is 0.614. The monoisotopic (exact) mass is 255 g/mol. The van der Waals surface area contributed by atoms with Gasteiger partial charge in [-0.2, -0.15) is 0 Å². The molecule has 3 aliphatic heterocycles. The minimum Gasteiger partial charge on any atom is -0.381 e. The average Bonchev–Trinajstić information content (AvgIpc) is 3.02. The van der Waals surface area contributed by atoms with Gasteiger partial charge in [0.15, 0.2) is 0 Å². The van der Waals surface area contributed by atoms with Crippen molar-refractivity contribution in [3.05, 3.63) is 0 Å². The van der Waals surface area contributed by atoms with Gasteiger partial charge < -0.3 is 19.5 Å². The number of ether oxygens (including phenoxy) is 3. The summed E-state index contributed by atoms with van der Waals surface area (Å²) in [5, 5.41) is 3.71. The fraction of sp³-hybridized carbons (Fsp3) is 1.00. The topological polar surface area (TPSA) is 39.7 Å². The largest absolute Gasteiger partial charge is 0.381 e. The maximum atomic E-state index is 5.95. The number of hydrogen-bond acceptors (Lipinski definition) is 4. The van der Waals surface area contributed by atoms with E-state index >= 15 is 0 Å². The molecule has 3 aliphatic rings. The van der Waals surface area contributed by atoms with Crippen LogP contribution in [-0.2, 0) is 14.2 Å². The van der Waals surface area contributed by atoms with Gasteiger partial charge in [0.05, 0.1) is 12.2 Å². The van der Waals surface area contributed by atoms with Gasteiger partial charge in [-0.25, -0.2) is 0 Å². The Morgan fingerprint density at radius 1 is 1.11 bits per heavy atom. The van der Waals surface area contributed by atoms with E-state index in [1.807, 2.05) is 0 Å². The molecule has 3 heterocycles. The highest BCUT2D eigenvalue weighted by atomic mass is 16.6. The molecule has 3 fully saturated rings. The molecule has 104 valence electrons. The smallest absolute Gasteiger partial charge is 0.0951 e. The van der Waals surface area contributed by atoms with Crippen LogP contribution in [0.4, 0.5) is 0 Å². The van der Waals surface area contributed by atoms with Crippen LogP contribution in [0.1, 0.15) is 32.1 Å². The molecule has 0 saturated carbocycles. The van der Waals surface area contributed by atoms with E-state index in [-0.39, 0.29) is 5.60 Å². The third kappa shape index (κ3) is 3.05. The van der Waals surface area contributed by atoms with Crippen molar-refractivity contribution in [1.29, 1.82) is 0 Å². The lowest BCUT2D eigenvalue weighted by atomic mass is 9.89. The molecule has 18 heavy (non-hydrogen) atoms. The zero-order chi connectivity index (χ0) is 12.3. The number of rotatable bonds is 4. The van der Waals surface area contributed by atoms with Gasteiger partial charge in [0.25, 0.3) is 0 Å². The van der Waals surface area contributed by atoms with E-state index < -0.39 is 0 Å². The third-order valence-corrected chi connectivity index (χ3v) is 4.57. The molecule has 3 saturated heterocycles. The van der Waals surface area contributed by atoms with Crippen LogP contribution in [0.25, 0.3) is 0 Å². The molecule has 0 aromatic carbocycles. The molecule has 3 atom stereocenters. The molecular weight excluding hydrogens is 230 g/mol. The fourth-order valence-electron chi connectivity index (χ4n) is 3.37. The summed E-state index contributed by atoms with van der Waals surface area (Å²) in [7, 11) is 0. The second-order valence-electron chi connectivity index (χ2n) is 6.00. The van der Waals surface area contributed by atoms with Crippen LogP contribution in [0.3, 0.4) is 0 Å². The van der Waals surface area contributed by atoms with E-state index in [9.17, 15) is 0 Å². The fourth-order valence-corrected chi connectivity index (χ4v) is 3.37. The zero-order valence-electron chi connectivity index (χ0n) is 11.2. The molecule has 0 aromatic heterocycles. The van der Waals surface area contributed by atoms with Gasteiger partial charge in [0.2, 0.25) is 0 Å². The predicted octanol–water partition coefficient (Wildman–Crippen LogP) is 1.34. The SMILES string of the molecule is C(CC1CCOC1)NC1CCOC2(CCOC2)C1. The van der Waals surface area contributed by atoms with Crippen molar-refractivity contribution in [2.24, 2.45) is 5.92 Å². The van der Waals surface area contributed by atoms with Crippen LogP contribution in [-0.4, -0.2) is 51.2 Å². The maximum Gasteiger partial charge on any atom is 0.0951 e. The lowest BCUT2D eigenvalue weighted by molar-refractivity contribution is -0.0893. The van der Waals surface area contributed by atoms with E-state index in [4.69, 9.17) is 14.2 Å². The van der Waals surface area contributed by atoms with Crippen molar-refractivity contribution in [2.45, 2.75) is 43.7 Å². The Morgan fingerprint density at radius 2 is 2.11 bits per heavy atom. The summed E-state index contributed by atoms with van der Waals surface area (Å²) < 4.78 is 16.9. The number of hydrogen-bond donors (Lipinski definition) is 1. The average molecular weight is 255 g/mol. The second kappa shape index (κ2) is 5.87. The van der Waals surface area contributed by atoms with E-state index in [0.717, 1.165) is 64.8 Å². The van der Waals surface area contributed by atoms with Crippen molar-refractivity contribution >= 4 is 0 Å². The molecule has 0 radical (unpaired) electrons. The summed E-state index contributed by atoms with van der Waals surface area (Å²) in [5.74, 6) is 0.779. The second-order valence-corrected chi connectivity index (χ2v) is 6.00. The Balaban J connectivity index is 1.39. The summed E-state index contributed by atoms with van der Waals surface area (Å²) in [6.45, 7) is 5.59. The van der Waals surface area contributed by atoms with Crippen LogP contribution in [0, 0.1) is 5.92 Å². The van der Waals surface area contributed by atoms with Crippen LogP contribution in [0.2, 0.25) is 0 Å². The van der Waals surface area contributed by atoms with E-state index in [1.54, 1.807) is 0 Å². The van der Waals surface area contributed by atoms with Crippen LogP contribution >= 0.6 is 0 Å². The van der Waals surface area contributed by atoms with Crippen LogP contribution in [0.5, 0.6) is 0 Å². The van der Waals surface area contributed by atoms with Gasteiger partial charge in [-0.05, 0) is 38.1 Å². The Labute approximate surface area is 109 Å². The summed E-state index contributed by atoms with van der Waals surface area (Å²) in [4.78, 5) is 0. The molecule has 0 amide bonds. The van der Waals surface area contributed by atoms with Crippen molar-refractivity contribution in [2.75, 3.05) is 39.6 Å². The molecule has 4 nitrogen and oxygen atoms in total. The molecule has 1 N–H and O–H groups in total. The summed E-state index contributed by atoms with van der Waals surface area (Å²) in [6.07, 6.45) is 5.83. The normalized spacial score (nSPS) is 40.7. The molecule has 4 heteroatoms. The van der Waals surface area contributed by atoms with Crippen molar-refractivity contribution in [3.8, 4) is 0 Å². The van der Waals surface area contributed by atoms with Gasteiger partial charge in [-0.15, -0.1) is 0 Å². The molecule has 3 rings (SSSR count). The van der Waals surface area contributed by atoms with E-state index in [2.05, 4.69) is 5.32 Å². The Hall–Kier alpha value is -0.160. The van der Waals surface area contributed by atoms with Gasteiger partial charge in [0.1, 0.15) is 0 Å². The van der Waals surface area contributed by atoms with Crippen LogP contribution < -0.4 is 5.32 Å². The highest BCUT2D eigenvalue weighted by molar-refractivity contribution is 4.92. The van der Waals surface area contributed by atoms with E-state index in [0.29, 0.717) is 6.04 Å². The van der Waals surface area contributed by atoms with Crippen molar-refractivity contribution in [1.82, 2.24) is 5.32 Å². The maximum absolute atomic E-state index is 5.95. The molecule has 1 spiro atoms. The zero-order valence-corrected chi connectivity index (χ0v) is 11.2. The quantitative estimate of drug-likeness (QED) is 0.823. The standard InChI is InChI=1S/C14H25NO3/c1(12-2-6-16-10-12)5-15-13-3-7-18-14(9-13)4-8-17-11-14/h12-13,15H,1-11H2. The van der Waals surface area contributed by atoms with Gasteiger partial charge in [-0.3, -0.25) is 0 Å². The lowest BCUT2D eigenvalue weighted by Gasteiger charge is -2.37. The molecule has 0 aliphatic carbocycles. The molecule has 0 aromatic rings. The Kier molecular flexibility index (Phi) is 4.19. The first-order valence-electron chi connectivity index (χ1n) is 7.39. The minimum absolute atomic E-state index is 0.0341. The number of nitrogens with one attached hydrogen (secondary N) is 1. The Morgan fingerprint density at radius 3 is 2.89 bits per heavy atom. The van der Waals surface area contributed by atoms with E-state index in [1.165, 1.54) is 12.8 Å². The Bertz CT molecular complexity index is 260. The molecular formula is C14H25NO3. The van der Waals surface area contributed by atoms with Gasteiger partial charge in [0, 0.05) is 38.9 Å². The highest BCUT2D eigenvalue weighted by Gasteiger charge is 2.40. The predicted molar refractivity (Wildman–Crippen MR) is 68.7 cm³/mol. The third-order valence-electron chi connectivity index (χ3n) is 4.57. The lowest BCUT2D eigenvalue weighted by Crippen LogP contribution is -2.47. The molecule has 3 unspecified atom stereocenters. The first-order valence-corrected chi connectivity index (χ1v) is 7.39. The highest BCUT2D eigenvalue weighted by Crippen LogP contribution is 2.32. The first-order chi connectivity index (χ1) is 8.86. The van der Waals surface area contributed by atoms with Crippen molar-refractivity contribution < 1.29 is 14.2 Å². The first kappa shape index (κ1) is 12.9. The van der Waals surface area contributed by atoms with Crippen LogP contribution in [0.15, 0.2) is 0 Å². The molecule has 0 bridgehead atoms. The minimum atomic E-state index is 0.0341. The summed E-state index contributed by atoms with van der Waals surface area (Å²) >= 11 is 0. The summed E-state index contributed by atoms with van der Waals surface area (Å²) in [5.41, 5.74) is 0.0341. The van der Waals surface area contributed by atoms with Gasteiger partial charge >= 0.3 is 0 Å². The van der Waals surface area contributed by atoms with Crippen molar-refractivity contribution in [3.63, 3.8) is 0 Å².